The molecule has 0 bridgehead atoms. The second-order valence-corrected chi connectivity index (χ2v) is 6.01. The smallest absolute Gasteiger partial charge is 0.255 e. The third kappa shape index (κ3) is 3.87. The van der Waals surface area contributed by atoms with Gasteiger partial charge in [-0.05, 0) is 44.0 Å². The Bertz CT molecular complexity index is 473. The van der Waals surface area contributed by atoms with Crippen LogP contribution in [-0.4, -0.2) is 36.5 Å². The van der Waals surface area contributed by atoms with E-state index in [1.54, 1.807) is 18.2 Å². The third-order valence-electron chi connectivity index (χ3n) is 3.54. The van der Waals surface area contributed by atoms with Gasteiger partial charge in [0.05, 0.1) is 10.6 Å². The van der Waals surface area contributed by atoms with Crippen LogP contribution < -0.4 is 5.32 Å². The Hall–Kier alpha value is -0.770. The number of nitrogens with zero attached hydrogens (tertiary/aromatic N) is 1. The van der Waals surface area contributed by atoms with Crippen LogP contribution in [0.25, 0.3) is 0 Å². The molecule has 5 heteroatoms. The fourth-order valence-corrected chi connectivity index (χ4v) is 2.93. The molecule has 1 aliphatic heterocycles. The summed E-state index contributed by atoms with van der Waals surface area (Å²) in [5.74, 6) is -0.0342. The summed E-state index contributed by atoms with van der Waals surface area (Å²) in [5, 5.41) is 4.42. The van der Waals surface area contributed by atoms with Gasteiger partial charge in [-0.2, -0.15) is 0 Å². The van der Waals surface area contributed by atoms with Crippen molar-refractivity contribution in [2.45, 2.75) is 32.2 Å². The van der Waals surface area contributed by atoms with Crippen molar-refractivity contribution in [3.8, 4) is 0 Å². The molecule has 3 nitrogen and oxygen atoms in total. The Kier molecular flexibility index (Phi) is 5.70. The molecule has 1 aromatic rings. The number of rotatable bonds is 5. The van der Waals surface area contributed by atoms with Crippen LogP contribution in [0.2, 0.25) is 10.0 Å². The molecule has 1 saturated heterocycles. The van der Waals surface area contributed by atoms with Gasteiger partial charge in [-0.15, -0.1) is 0 Å². The fourth-order valence-electron chi connectivity index (χ4n) is 2.56. The van der Waals surface area contributed by atoms with Crippen LogP contribution in [0, 0.1) is 0 Å². The molecule has 1 atom stereocenters. The summed E-state index contributed by atoms with van der Waals surface area (Å²) in [6.45, 7) is 4.58. The maximum Gasteiger partial charge on any atom is 0.255 e. The molecule has 0 aliphatic carbocycles. The van der Waals surface area contributed by atoms with Crippen molar-refractivity contribution in [1.29, 1.82) is 0 Å². The number of hydrogen-bond acceptors (Lipinski definition) is 2. The zero-order chi connectivity index (χ0) is 14.5. The van der Waals surface area contributed by atoms with E-state index in [4.69, 9.17) is 23.2 Å². The summed E-state index contributed by atoms with van der Waals surface area (Å²) < 4.78 is 0. The Morgan fingerprint density at radius 1 is 1.45 bits per heavy atom. The van der Waals surface area contributed by atoms with Crippen LogP contribution in [0.3, 0.4) is 0 Å². The monoisotopic (exact) mass is 314 g/mol. The Balaban J connectivity index is 2.14. The van der Waals surface area contributed by atoms with Crippen LogP contribution in [0.5, 0.6) is 0 Å². The van der Waals surface area contributed by atoms with Crippen LogP contribution in [0.15, 0.2) is 18.2 Å². The van der Waals surface area contributed by atoms with Crippen LogP contribution >= 0.6 is 23.2 Å². The van der Waals surface area contributed by atoms with Crippen LogP contribution in [-0.2, 0) is 0 Å². The minimum atomic E-state index is -0.0342. The first-order valence-electron chi connectivity index (χ1n) is 7.09. The number of benzene rings is 1. The third-order valence-corrected chi connectivity index (χ3v) is 4.11. The lowest BCUT2D eigenvalue weighted by Crippen LogP contribution is -2.41. The Morgan fingerprint density at radius 2 is 2.25 bits per heavy atom. The first-order valence-corrected chi connectivity index (χ1v) is 7.85. The topological polar surface area (TPSA) is 32.3 Å². The molecule has 0 aromatic heterocycles. The molecule has 0 spiro atoms. The van der Waals surface area contributed by atoms with E-state index in [9.17, 15) is 4.79 Å². The van der Waals surface area contributed by atoms with Gasteiger partial charge in [0, 0.05) is 24.2 Å². The lowest BCUT2D eigenvalue weighted by molar-refractivity contribution is 0.0742. The van der Waals surface area contributed by atoms with Crippen molar-refractivity contribution < 1.29 is 4.79 Å². The molecular weight excluding hydrogens is 295 g/mol. The van der Waals surface area contributed by atoms with Gasteiger partial charge >= 0.3 is 0 Å². The van der Waals surface area contributed by atoms with Gasteiger partial charge in [0.15, 0.2) is 0 Å². The lowest BCUT2D eigenvalue weighted by atomic mass is 10.1. The van der Waals surface area contributed by atoms with Gasteiger partial charge in [-0.1, -0.05) is 30.1 Å². The van der Waals surface area contributed by atoms with E-state index in [0.29, 0.717) is 21.7 Å². The van der Waals surface area contributed by atoms with Crippen molar-refractivity contribution in [1.82, 2.24) is 10.2 Å². The molecule has 2 rings (SSSR count). The second-order valence-electron chi connectivity index (χ2n) is 5.17. The number of amides is 1. The normalized spacial score (nSPS) is 18.2. The van der Waals surface area contributed by atoms with E-state index >= 15 is 0 Å². The average Bonchev–Trinajstić information content (AvgIpc) is 2.93. The molecule has 1 heterocycles. The first kappa shape index (κ1) is 15.6. The predicted molar refractivity (Wildman–Crippen MR) is 83.7 cm³/mol. The minimum Gasteiger partial charge on any atom is -0.337 e. The number of carbonyl (C=O) groups is 1. The number of nitrogens with one attached hydrogen (secondary N) is 1. The maximum atomic E-state index is 12.7. The van der Waals surface area contributed by atoms with Gasteiger partial charge in [0.2, 0.25) is 0 Å². The van der Waals surface area contributed by atoms with E-state index < -0.39 is 0 Å². The van der Waals surface area contributed by atoms with Gasteiger partial charge in [0.1, 0.15) is 0 Å². The molecule has 20 heavy (non-hydrogen) atoms. The zero-order valence-corrected chi connectivity index (χ0v) is 13.2. The van der Waals surface area contributed by atoms with Gasteiger partial charge in [-0.25, -0.2) is 0 Å². The first-order chi connectivity index (χ1) is 9.61. The fraction of sp³-hybridized carbons (Fsp3) is 0.533. The van der Waals surface area contributed by atoms with Crippen LogP contribution in [0.4, 0.5) is 0 Å². The number of halogens is 2. The highest BCUT2D eigenvalue weighted by Crippen LogP contribution is 2.22. The maximum absolute atomic E-state index is 12.7. The SMILES string of the molecule is CCCN(CC1CCCN1)C(=O)c1cc(Cl)ccc1Cl. The standard InChI is InChI=1S/C15H20Cl2N2O/c1-2-8-19(10-12-4-3-7-18-12)15(20)13-9-11(16)5-6-14(13)17/h5-6,9,12,18H,2-4,7-8,10H2,1H3. The van der Waals surface area contributed by atoms with E-state index in [1.807, 2.05) is 4.90 Å². The van der Waals surface area contributed by atoms with Crippen molar-refractivity contribution in [2.24, 2.45) is 0 Å². The molecule has 1 fully saturated rings. The molecule has 110 valence electrons. The van der Waals surface area contributed by atoms with Crippen molar-refractivity contribution in [3.05, 3.63) is 33.8 Å². The van der Waals surface area contributed by atoms with Crippen LogP contribution in [0.1, 0.15) is 36.5 Å². The summed E-state index contributed by atoms with van der Waals surface area (Å²) >= 11 is 12.1. The lowest BCUT2D eigenvalue weighted by Gasteiger charge is -2.26. The molecule has 1 aromatic carbocycles. The molecule has 0 saturated carbocycles. The van der Waals surface area contributed by atoms with Gasteiger partial charge in [0.25, 0.3) is 5.91 Å². The molecule has 1 N–H and O–H groups in total. The van der Waals surface area contributed by atoms with E-state index in [0.717, 1.165) is 32.5 Å². The highest BCUT2D eigenvalue weighted by molar-refractivity contribution is 6.35. The second kappa shape index (κ2) is 7.30. The summed E-state index contributed by atoms with van der Waals surface area (Å²) in [6, 6.07) is 5.42. The van der Waals surface area contributed by atoms with Crippen molar-refractivity contribution in [2.75, 3.05) is 19.6 Å². The summed E-state index contributed by atoms with van der Waals surface area (Å²) in [4.78, 5) is 14.5. The Labute approximate surface area is 130 Å². The van der Waals surface area contributed by atoms with Gasteiger partial charge in [-0.3, -0.25) is 4.79 Å². The van der Waals surface area contributed by atoms with Crippen molar-refractivity contribution >= 4 is 29.1 Å². The minimum absolute atomic E-state index is 0.0342. The molecular formula is C15H20Cl2N2O. The molecule has 1 amide bonds. The largest absolute Gasteiger partial charge is 0.337 e. The Morgan fingerprint density at radius 3 is 2.90 bits per heavy atom. The molecule has 0 radical (unpaired) electrons. The van der Waals surface area contributed by atoms with E-state index in [-0.39, 0.29) is 5.91 Å². The quantitative estimate of drug-likeness (QED) is 0.900. The van der Waals surface area contributed by atoms with Gasteiger partial charge < -0.3 is 10.2 Å². The van der Waals surface area contributed by atoms with E-state index in [2.05, 4.69) is 12.2 Å². The summed E-state index contributed by atoms with van der Waals surface area (Å²) in [7, 11) is 0. The van der Waals surface area contributed by atoms with E-state index in [1.165, 1.54) is 6.42 Å². The number of hydrogen-bond donors (Lipinski definition) is 1. The summed E-state index contributed by atoms with van der Waals surface area (Å²) in [5.41, 5.74) is 0.491. The number of carbonyl (C=O) groups excluding carboxylic acids is 1. The summed E-state index contributed by atoms with van der Waals surface area (Å²) in [6.07, 6.45) is 3.23. The average molecular weight is 315 g/mol. The highest BCUT2D eigenvalue weighted by atomic mass is 35.5. The predicted octanol–water partition coefficient (Wildman–Crippen LogP) is 3.60. The molecule has 1 unspecified atom stereocenters. The highest BCUT2D eigenvalue weighted by Gasteiger charge is 2.23. The molecule has 1 aliphatic rings. The zero-order valence-electron chi connectivity index (χ0n) is 11.7. The van der Waals surface area contributed by atoms with Crippen molar-refractivity contribution in [3.63, 3.8) is 0 Å².